The van der Waals surface area contributed by atoms with E-state index >= 15 is 0 Å². The number of hydrogen-bond acceptors (Lipinski definition) is 8. The largest absolute Gasteiger partial charge is 0.459 e. The first-order chi connectivity index (χ1) is 29.3. The van der Waals surface area contributed by atoms with Crippen molar-refractivity contribution in [3.05, 3.63) is 77.4 Å². The molecule has 1 heterocycles. The van der Waals surface area contributed by atoms with E-state index in [-0.39, 0.29) is 49.4 Å². The highest BCUT2D eigenvalue weighted by Crippen LogP contribution is 2.62. The molecule has 0 radical (unpaired) electrons. The molecule has 2 aliphatic carbocycles. The summed E-state index contributed by atoms with van der Waals surface area (Å²) < 4.78 is 21.1. The third kappa shape index (κ3) is 11.6. The molecule has 2 aromatic rings. The Balaban J connectivity index is 1.61. The highest BCUT2D eigenvalue weighted by atomic mass is 16.7. The Morgan fingerprint density at radius 2 is 1.57 bits per heavy atom. The van der Waals surface area contributed by atoms with Gasteiger partial charge in [0.15, 0.2) is 0 Å². The summed E-state index contributed by atoms with van der Waals surface area (Å²) in [4.78, 5) is 22.3. The van der Waals surface area contributed by atoms with Crippen LogP contribution in [-0.2, 0) is 14.4 Å². The lowest BCUT2D eigenvalue weighted by molar-refractivity contribution is -0.257. The van der Waals surface area contributed by atoms with Gasteiger partial charge in [-0.3, -0.25) is 4.79 Å². The number of hydrogen-bond donors (Lipinski definition) is 2. The number of ether oxygens (including phenoxy) is 3. The standard InChI is InChI=1S/C51H76N2O7/c1-7-10-11-12-13-14-15-16-17-24-48(56)53(29-8-2)47-36-45(52-57-6)43-34-39(22-18-20-30-54)42(23-19-21-31-55)49-44-35-41(59-40-26-25-37(4)38(5)33-40)27-28-46(44)60-51(47,50(43)49)58-32-9-3/h9,25-28,33-35,39,42,47,49-50,54-55H,3,7-8,10-24,29-32,36H2,1-2,4-6H3/t39-,42+,47-,49+,50+,51+/m0/s1. The molecule has 3 aliphatic rings. The Hall–Kier alpha value is -3.66. The zero-order chi connectivity index (χ0) is 42.9. The van der Waals surface area contributed by atoms with Gasteiger partial charge in [0.05, 0.1) is 18.2 Å². The first kappa shape index (κ1) is 47.4. The molecular weight excluding hydrogens is 753 g/mol. The Morgan fingerprint density at radius 1 is 0.883 bits per heavy atom. The maximum Gasteiger partial charge on any atom is 0.239 e. The van der Waals surface area contributed by atoms with E-state index in [0.717, 1.165) is 97.4 Å². The number of fused-ring (bicyclic) bond motifs is 2. The molecule has 1 fully saturated rings. The number of aryl methyl sites for hydroxylation is 2. The molecule has 2 N–H and O–H groups in total. The van der Waals surface area contributed by atoms with Crippen LogP contribution in [0.15, 0.2) is 65.9 Å². The van der Waals surface area contributed by atoms with E-state index in [9.17, 15) is 15.0 Å². The van der Waals surface area contributed by atoms with Gasteiger partial charge in [-0.2, -0.15) is 0 Å². The quantitative estimate of drug-likeness (QED) is 0.0524. The van der Waals surface area contributed by atoms with Crippen molar-refractivity contribution >= 4 is 11.6 Å². The molecule has 0 bridgehead atoms. The lowest BCUT2D eigenvalue weighted by Crippen LogP contribution is -2.70. The van der Waals surface area contributed by atoms with Gasteiger partial charge < -0.3 is 34.2 Å². The van der Waals surface area contributed by atoms with Gasteiger partial charge in [0.1, 0.15) is 30.4 Å². The maximum absolute atomic E-state index is 14.6. The van der Waals surface area contributed by atoms with Gasteiger partial charge in [0.2, 0.25) is 11.7 Å². The van der Waals surface area contributed by atoms with Gasteiger partial charge in [-0.05, 0) is 111 Å². The summed E-state index contributed by atoms with van der Waals surface area (Å²) in [6.45, 7) is 13.7. The van der Waals surface area contributed by atoms with Crippen molar-refractivity contribution in [2.75, 3.05) is 33.5 Å². The predicted octanol–water partition coefficient (Wildman–Crippen LogP) is 11.5. The predicted molar refractivity (Wildman–Crippen MR) is 242 cm³/mol. The number of nitrogens with zero attached hydrogens (tertiary/aromatic N) is 2. The van der Waals surface area contributed by atoms with E-state index in [1.165, 1.54) is 44.1 Å². The summed E-state index contributed by atoms with van der Waals surface area (Å²) >= 11 is 0. The van der Waals surface area contributed by atoms with Crippen molar-refractivity contribution < 1.29 is 34.1 Å². The minimum Gasteiger partial charge on any atom is -0.459 e. The van der Waals surface area contributed by atoms with E-state index in [1.807, 2.05) is 23.1 Å². The first-order valence-electron chi connectivity index (χ1n) is 23.4. The lowest BCUT2D eigenvalue weighted by atomic mass is 9.55. The van der Waals surface area contributed by atoms with Crippen molar-refractivity contribution in [1.29, 1.82) is 0 Å². The van der Waals surface area contributed by atoms with Gasteiger partial charge in [-0.15, -0.1) is 6.58 Å². The highest BCUT2D eigenvalue weighted by Gasteiger charge is 2.65. The molecule has 1 saturated carbocycles. The van der Waals surface area contributed by atoms with Gasteiger partial charge in [0, 0.05) is 44.1 Å². The normalized spacial score (nSPS) is 23.6. The number of aliphatic hydroxyl groups is 2. The zero-order valence-electron chi connectivity index (χ0n) is 37.6. The molecule has 332 valence electrons. The molecule has 0 spiro atoms. The molecule has 60 heavy (non-hydrogen) atoms. The Labute approximate surface area is 361 Å². The van der Waals surface area contributed by atoms with Crippen LogP contribution >= 0.6 is 0 Å². The molecule has 2 aromatic carbocycles. The van der Waals surface area contributed by atoms with E-state index in [4.69, 9.17) is 24.2 Å². The Kier molecular flexibility index (Phi) is 19.0. The summed E-state index contributed by atoms with van der Waals surface area (Å²) in [7, 11) is 1.59. The van der Waals surface area contributed by atoms with Crippen molar-refractivity contribution in [3.63, 3.8) is 0 Å². The van der Waals surface area contributed by atoms with E-state index in [2.05, 4.69) is 58.5 Å². The Bertz CT molecular complexity index is 1720. The number of oxime groups is 1. The van der Waals surface area contributed by atoms with Crippen LogP contribution in [0.2, 0.25) is 0 Å². The molecule has 0 unspecified atom stereocenters. The number of allylic oxidation sites excluding steroid dienone is 1. The number of rotatable bonds is 27. The average molecular weight is 829 g/mol. The molecular formula is C51H76N2O7. The smallest absolute Gasteiger partial charge is 0.239 e. The number of amides is 1. The maximum atomic E-state index is 14.6. The summed E-state index contributed by atoms with van der Waals surface area (Å²) in [5.74, 6) is 0.998. The fraction of sp³-hybridized carbons (Fsp3) is 0.647. The molecule has 9 nitrogen and oxygen atoms in total. The molecule has 5 rings (SSSR count). The van der Waals surface area contributed by atoms with Crippen LogP contribution in [0, 0.1) is 31.6 Å². The second-order valence-electron chi connectivity index (χ2n) is 17.5. The van der Waals surface area contributed by atoms with Gasteiger partial charge in [0.25, 0.3) is 0 Å². The summed E-state index contributed by atoms with van der Waals surface area (Å²) in [5, 5.41) is 24.5. The van der Waals surface area contributed by atoms with Crippen LogP contribution in [0.3, 0.4) is 0 Å². The van der Waals surface area contributed by atoms with Crippen molar-refractivity contribution in [3.8, 4) is 17.2 Å². The number of carbonyl (C=O) groups is 1. The van der Waals surface area contributed by atoms with Gasteiger partial charge >= 0.3 is 0 Å². The average Bonchev–Trinajstić information content (AvgIpc) is 3.24. The summed E-state index contributed by atoms with van der Waals surface area (Å²) in [6, 6.07) is 11.8. The minimum absolute atomic E-state index is 0.0968. The second-order valence-corrected chi connectivity index (χ2v) is 17.5. The van der Waals surface area contributed by atoms with Crippen molar-refractivity contribution in [2.45, 2.75) is 161 Å². The summed E-state index contributed by atoms with van der Waals surface area (Å²) in [5.41, 5.74) is 5.29. The van der Waals surface area contributed by atoms with E-state index in [1.54, 1.807) is 13.2 Å². The van der Waals surface area contributed by atoms with Crippen molar-refractivity contribution in [2.24, 2.45) is 22.9 Å². The van der Waals surface area contributed by atoms with Crippen LogP contribution in [0.5, 0.6) is 17.2 Å². The molecule has 0 aromatic heterocycles. The minimum atomic E-state index is -1.24. The topological polar surface area (TPSA) is 110 Å². The third-order valence-electron chi connectivity index (χ3n) is 13.2. The van der Waals surface area contributed by atoms with Crippen LogP contribution in [-0.4, -0.2) is 72.0 Å². The van der Waals surface area contributed by atoms with E-state index < -0.39 is 11.8 Å². The highest BCUT2D eigenvalue weighted by molar-refractivity contribution is 6.03. The number of benzene rings is 2. The SMILES string of the molecule is C=CCO[C@@]12Oc3ccc(Oc4ccc(C)c(C)c4)cc3[C@H]3[C@H](CCCCO)[C@@H](CCCCO)C=C(C(=NOC)C[C@@H]1N(CCC)C(=O)CCCCCCCCCCC)[C@H]32. The van der Waals surface area contributed by atoms with Gasteiger partial charge in [-0.25, -0.2) is 0 Å². The summed E-state index contributed by atoms with van der Waals surface area (Å²) in [6.07, 6.45) is 21.5. The van der Waals surface area contributed by atoms with Crippen LogP contribution in [0.4, 0.5) is 0 Å². The van der Waals surface area contributed by atoms with Crippen LogP contribution in [0.1, 0.15) is 152 Å². The number of carbonyl (C=O) groups excluding carboxylic acids is 1. The molecule has 1 aliphatic heterocycles. The Morgan fingerprint density at radius 3 is 2.23 bits per heavy atom. The molecule has 0 saturated heterocycles. The molecule has 9 heteroatoms. The van der Waals surface area contributed by atoms with Gasteiger partial charge in [-0.1, -0.05) is 101 Å². The van der Waals surface area contributed by atoms with Crippen LogP contribution < -0.4 is 9.47 Å². The number of unbranched alkanes of at least 4 members (excludes halogenated alkanes) is 10. The zero-order valence-corrected chi connectivity index (χ0v) is 37.6. The lowest BCUT2D eigenvalue weighted by Gasteiger charge is -2.60. The molecule has 6 atom stereocenters. The fourth-order valence-corrected chi connectivity index (χ4v) is 10.2. The third-order valence-corrected chi connectivity index (χ3v) is 13.2. The first-order valence-corrected chi connectivity index (χ1v) is 23.4. The van der Waals surface area contributed by atoms with Crippen molar-refractivity contribution in [1.82, 2.24) is 4.90 Å². The number of aliphatic hydroxyl groups excluding tert-OH is 2. The van der Waals surface area contributed by atoms with Crippen LogP contribution in [0.25, 0.3) is 0 Å². The fourth-order valence-electron chi connectivity index (χ4n) is 10.2. The monoisotopic (exact) mass is 829 g/mol. The van der Waals surface area contributed by atoms with E-state index in [0.29, 0.717) is 25.8 Å². The molecule has 1 amide bonds. The second kappa shape index (κ2) is 24.1.